The number of H-pyrrole nitrogens is 1. The van der Waals surface area contributed by atoms with Crippen molar-refractivity contribution in [1.82, 2.24) is 15.3 Å². The molecule has 0 radical (unpaired) electrons. The molecule has 1 unspecified atom stereocenters. The van der Waals surface area contributed by atoms with Gasteiger partial charge in [0.25, 0.3) is 0 Å². The van der Waals surface area contributed by atoms with Crippen molar-refractivity contribution in [3.05, 3.63) is 24.0 Å². The highest BCUT2D eigenvalue weighted by Crippen LogP contribution is 2.26. The van der Waals surface area contributed by atoms with E-state index in [0.717, 1.165) is 36.1 Å². The quantitative estimate of drug-likeness (QED) is 0.900. The highest BCUT2D eigenvalue weighted by Gasteiger charge is 2.29. The molecular weight excluding hydrogens is 255 g/mol. The minimum absolute atomic E-state index is 0.221. The summed E-state index contributed by atoms with van der Waals surface area (Å²) in [5.74, 6) is 0.659. The van der Waals surface area contributed by atoms with Crippen molar-refractivity contribution in [2.45, 2.75) is 37.8 Å². The average Bonchev–Trinajstić information content (AvgIpc) is 2.99. The summed E-state index contributed by atoms with van der Waals surface area (Å²) in [6, 6.07) is 5.95. The Bertz CT molecular complexity index is 619. The minimum atomic E-state index is -0.221. The molecule has 4 rings (SSSR count). The van der Waals surface area contributed by atoms with Gasteiger partial charge in [-0.25, -0.2) is 9.37 Å². The zero-order chi connectivity index (χ0) is 13.5. The number of fused-ring (bicyclic) bond motifs is 1. The van der Waals surface area contributed by atoms with Gasteiger partial charge in [-0.1, -0.05) is 0 Å². The summed E-state index contributed by atoms with van der Waals surface area (Å²) in [5.41, 5.74) is 1.61. The van der Waals surface area contributed by atoms with Crippen LogP contribution in [0.25, 0.3) is 11.0 Å². The normalized spacial score (nSPS) is 22.9. The van der Waals surface area contributed by atoms with E-state index in [1.54, 1.807) is 6.07 Å². The molecule has 1 aromatic carbocycles. The van der Waals surface area contributed by atoms with Crippen molar-refractivity contribution in [3.8, 4) is 0 Å². The van der Waals surface area contributed by atoms with E-state index >= 15 is 0 Å². The second kappa shape index (κ2) is 4.74. The Morgan fingerprint density at radius 1 is 1.35 bits per heavy atom. The van der Waals surface area contributed by atoms with Crippen molar-refractivity contribution >= 4 is 17.0 Å². The van der Waals surface area contributed by atoms with Crippen LogP contribution in [0.1, 0.15) is 25.7 Å². The van der Waals surface area contributed by atoms with E-state index in [-0.39, 0.29) is 5.82 Å². The zero-order valence-electron chi connectivity index (χ0n) is 11.4. The van der Waals surface area contributed by atoms with Crippen LogP contribution in [0.4, 0.5) is 10.3 Å². The molecule has 2 aliphatic rings. The number of hydrogen-bond acceptors (Lipinski definition) is 3. The van der Waals surface area contributed by atoms with Crippen LogP contribution in [0.5, 0.6) is 0 Å². The monoisotopic (exact) mass is 274 g/mol. The summed E-state index contributed by atoms with van der Waals surface area (Å²) in [5, 5.41) is 3.60. The molecule has 0 spiro atoms. The van der Waals surface area contributed by atoms with Gasteiger partial charge in [-0.2, -0.15) is 0 Å². The van der Waals surface area contributed by atoms with E-state index in [2.05, 4.69) is 20.2 Å². The Morgan fingerprint density at radius 3 is 3.10 bits per heavy atom. The number of rotatable bonds is 4. The van der Waals surface area contributed by atoms with Crippen molar-refractivity contribution in [2.75, 3.05) is 18.0 Å². The first-order valence-corrected chi connectivity index (χ1v) is 7.45. The highest BCUT2D eigenvalue weighted by molar-refractivity contribution is 5.77. The maximum absolute atomic E-state index is 13.2. The molecule has 1 aliphatic heterocycles. The van der Waals surface area contributed by atoms with Crippen LogP contribution >= 0.6 is 0 Å². The molecule has 2 heterocycles. The van der Waals surface area contributed by atoms with E-state index in [0.29, 0.717) is 6.04 Å². The molecule has 20 heavy (non-hydrogen) atoms. The second-order valence-corrected chi connectivity index (χ2v) is 5.89. The Hall–Kier alpha value is -1.62. The number of benzene rings is 1. The predicted octanol–water partition coefficient (Wildman–Crippen LogP) is 2.42. The molecule has 2 N–H and O–H groups in total. The number of nitrogens with one attached hydrogen (secondary N) is 2. The van der Waals surface area contributed by atoms with Gasteiger partial charge >= 0.3 is 0 Å². The number of nitrogens with zero attached hydrogens (tertiary/aromatic N) is 2. The zero-order valence-corrected chi connectivity index (χ0v) is 11.4. The van der Waals surface area contributed by atoms with E-state index in [9.17, 15) is 4.39 Å². The molecule has 1 aliphatic carbocycles. The van der Waals surface area contributed by atoms with Crippen LogP contribution in [-0.4, -0.2) is 35.1 Å². The molecule has 4 nitrogen and oxygen atoms in total. The van der Waals surface area contributed by atoms with Crippen LogP contribution in [0.3, 0.4) is 0 Å². The molecule has 2 fully saturated rings. The van der Waals surface area contributed by atoms with Crippen molar-refractivity contribution in [1.29, 1.82) is 0 Å². The summed E-state index contributed by atoms with van der Waals surface area (Å²) in [7, 11) is 0. The Balaban J connectivity index is 1.56. The van der Waals surface area contributed by atoms with Crippen molar-refractivity contribution in [2.24, 2.45) is 0 Å². The van der Waals surface area contributed by atoms with Gasteiger partial charge in [-0.05, 0) is 43.9 Å². The summed E-state index contributed by atoms with van der Waals surface area (Å²) in [4.78, 5) is 10.2. The Morgan fingerprint density at radius 2 is 2.25 bits per heavy atom. The third-order valence-corrected chi connectivity index (χ3v) is 4.30. The first-order valence-electron chi connectivity index (χ1n) is 7.45. The standard InChI is InChI=1S/C15H19FN4/c16-10-3-6-13-14(8-10)19-15(18-13)20-7-1-2-12(20)9-17-11-4-5-11/h3,6,8,11-12,17H,1-2,4-5,7,9H2,(H,18,19). The predicted molar refractivity (Wildman–Crippen MR) is 77.4 cm³/mol. The lowest BCUT2D eigenvalue weighted by Gasteiger charge is -2.24. The average molecular weight is 274 g/mol. The van der Waals surface area contributed by atoms with Crippen LogP contribution in [-0.2, 0) is 0 Å². The van der Waals surface area contributed by atoms with Gasteiger partial charge in [0, 0.05) is 25.2 Å². The van der Waals surface area contributed by atoms with Crippen LogP contribution in [0, 0.1) is 5.82 Å². The third-order valence-electron chi connectivity index (χ3n) is 4.30. The molecule has 106 valence electrons. The molecule has 1 saturated heterocycles. The maximum Gasteiger partial charge on any atom is 0.204 e. The lowest BCUT2D eigenvalue weighted by atomic mass is 10.2. The van der Waals surface area contributed by atoms with Gasteiger partial charge in [-0.15, -0.1) is 0 Å². The Kier molecular flexibility index (Phi) is 2.88. The number of anilines is 1. The van der Waals surface area contributed by atoms with Crippen molar-refractivity contribution in [3.63, 3.8) is 0 Å². The van der Waals surface area contributed by atoms with Gasteiger partial charge < -0.3 is 15.2 Å². The van der Waals surface area contributed by atoms with E-state index in [1.165, 1.54) is 37.8 Å². The minimum Gasteiger partial charge on any atom is -0.338 e. The summed E-state index contributed by atoms with van der Waals surface area (Å²) in [6.07, 6.45) is 5.03. The molecule has 1 atom stereocenters. The number of hydrogen-bond donors (Lipinski definition) is 2. The molecule has 5 heteroatoms. The first kappa shape index (κ1) is 12.1. The molecule has 2 aromatic rings. The van der Waals surface area contributed by atoms with E-state index in [1.807, 2.05) is 0 Å². The fraction of sp³-hybridized carbons (Fsp3) is 0.533. The summed E-state index contributed by atoms with van der Waals surface area (Å²) >= 11 is 0. The number of aromatic nitrogens is 2. The highest BCUT2D eigenvalue weighted by atomic mass is 19.1. The largest absolute Gasteiger partial charge is 0.338 e. The smallest absolute Gasteiger partial charge is 0.204 e. The topological polar surface area (TPSA) is 44.0 Å². The molecular formula is C15H19FN4. The van der Waals surface area contributed by atoms with Gasteiger partial charge in [0.15, 0.2) is 0 Å². The van der Waals surface area contributed by atoms with E-state index in [4.69, 9.17) is 0 Å². The molecule has 0 amide bonds. The Labute approximate surface area is 117 Å². The van der Waals surface area contributed by atoms with Crippen LogP contribution < -0.4 is 10.2 Å². The van der Waals surface area contributed by atoms with Gasteiger partial charge in [0.2, 0.25) is 5.95 Å². The van der Waals surface area contributed by atoms with Gasteiger partial charge in [0.05, 0.1) is 11.0 Å². The van der Waals surface area contributed by atoms with Gasteiger partial charge in [-0.3, -0.25) is 0 Å². The number of halogens is 1. The molecule has 1 aromatic heterocycles. The first-order chi connectivity index (χ1) is 9.79. The molecule has 1 saturated carbocycles. The fourth-order valence-corrected chi connectivity index (χ4v) is 3.02. The van der Waals surface area contributed by atoms with E-state index < -0.39 is 0 Å². The molecule has 0 bridgehead atoms. The van der Waals surface area contributed by atoms with Crippen LogP contribution in [0.2, 0.25) is 0 Å². The summed E-state index contributed by atoms with van der Waals surface area (Å²) < 4.78 is 13.2. The summed E-state index contributed by atoms with van der Waals surface area (Å²) in [6.45, 7) is 2.05. The lowest BCUT2D eigenvalue weighted by Crippen LogP contribution is -2.39. The van der Waals surface area contributed by atoms with Crippen LogP contribution in [0.15, 0.2) is 18.2 Å². The maximum atomic E-state index is 13.2. The third kappa shape index (κ3) is 2.26. The lowest BCUT2D eigenvalue weighted by molar-refractivity contribution is 0.567. The number of aromatic amines is 1. The second-order valence-electron chi connectivity index (χ2n) is 5.89. The van der Waals surface area contributed by atoms with Crippen molar-refractivity contribution < 1.29 is 4.39 Å². The fourth-order valence-electron chi connectivity index (χ4n) is 3.02. The van der Waals surface area contributed by atoms with Gasteiger partial charge in [0.1, 0.15) is 5.82 Å². The SMILES string of the molecule is Fc1ccc2nc(N3CCCC3CNC3CC3)[nH]c2c1. The number of imidazole rings is 1.